The Bertz CT molecular complexity index is 773. The van der Waals surface area contributed by atoms with Crippen LogP contribution in [0.15, 0.2) is 12.1 Å². The molecule has 3 N–H and O–H groups in total. The van der Waals surface area contributed by atoms with E-state index in [1.54, 1.807) is 11.0 Å². The Morgan fingerprint density at radius 2 is 2.11 bits per heavy atom. The van der Waals surface area contributed by atoms with Crippen molar-refractivity contribution in [3.8, 4) is 11.5 Å². The molecule has 1 aromatic rings. The van der Waals surface area contributed by atoms with Gasteiger partial charge in [-0.05, 0) is 37.4 Å². The molecule has 3 heterocycles. The first-order valence-electron chi connectivity index (χ1n) is 9.19. The van der Waals surface area contributed by atoms with E-state index >= 15 is 0 Å². The van der Waals surface area contributed by atoms with Gasteiger partial charge in [0, 0.05) is 0 Å². The van der Waals surface area contributed by atoms with Crippen molar-refractivity contribution in [2.75, 3.05) is 19.6 Å². The summed E-state index contributed by atoms with van der Waals surface area (Å²) in [6.07, 6.45) is 1.74. The predicted octanol–water partition coefficient (Wildman–Crippen LogP) is -1.75. The van der Waals surface area contributed by atoms with Crippen LogP contribution >= 0.6 is 0 Å². The molecule has 1 aromatic carbocycles. The van der Waals surface area contributed by atoms with Crippen molar-refractivity contribution in [2.24, 2.45) is 0 Å². The highest BCUT2D eigenvalue weighted by Gasteiger charge is 2.37. The third-order valence-corrected chi connectivity index (χ3v) is 5.31. The van der Waals surface area contributed by atoms with Crippen molar-refractivity contribution >= 4 is 18.6 Å². The van der Waals surface area contributed by atoms with E-state index in [2.05, 4.69) is 5.32 Å². The normalized spacial score (nSPS) is 23.9. The largest absolute Gasteiger partial charge is 0.669 e. The molecule has 9 nitrogen and oxygen atoms in total. The Labute approximate surface area is 155 Å². The van der Waals surface area contributed by atoms with Crippen molar-refractivity contribution in [3.63, 3.8) is 0 Å². The fraction of sp³-hybridized carbons (Fsp3) is 0.529. The molecule has 1 amide bonds. The van der Waals surface area contributed by atoms with E-state index in [4.69, 9.17) is 9.39 Å². The highest BCUT2D eigenvalue weighted by Crippen LogP contribution is 2.38. The van der Waals surface area contributed by atoms with Crippen LogP contribution < -0.4 is 19.8 Å². The minimum atomic E-state index is -3.10. The molecule has 27 heavy (non-hydrogen) atoms. The van der Waals surface area contributed by atoms with Gasteiger partial charge in [0.15, 0.2) is 0 Å². The third-order valence-electron chi connectivity index (χ3n) is 5.31. The van der Waals surface area contributed by atoms with Crippen LogP contribution in [0.2, 0.25) is 6.32 Å². The topological polar surface area (TPSA) is 131 Å². The molecular weight excluding hydrogens is 355 g/mol. The van der Waals surface area contributed by atoms with Gasteiger partial charge >= 0.3 is 6.75 Å². The molecule has 3 aliphatic heterocycles. The number of aromatic carboxylic acids is 1. The molecule has 0 aromatic heterocycles. The third kappa shape index (κ3) is 3.47. The maximum Gasteiger partial charge on any atom is 0.430 e. The van der Waals surface area contributed by atoms with Gasteiger partial charge in [0.05, 0.1) is 36.4 Å². The highest BCUT2D eigenvalue weighted by atomic mass is 16.6. The van der Waals surface area contributed by atoms with Gasteiger partial charge in [-0.3, -0.25) is 4.79 Å². The van der Waals surface area contributed by atoms with Gasteiger partial charge < -0.3 is 39.6 Å². The first kappa shape index (κ1) is 18.1. The lowest BCUT2D eigenvalue weighted by molar-refractivity contribution is -0.255. The second-order valence-corrected chi connectivity index (χ2v) is 7.36. The first-order chi connectivity index (χ1) is 12.8. The zero-order valence-corrected chi connectivity index (χ0v) is 14.7. The smallest absolute Gasteiger partial charge is 0.430 e. The summed E-state index contributed by atoms with van der Waals surface area (Å²) in [6.45, 7) is -1.52. The first-order valence-corrected chi connectivity index (χ1v) is 9.19. The number of nitrogens with one attached hydrogen (secondary N) is 1. The number of amides is 1. The fourth-order valence-electron chi connectivity index (χ4n) is 3.81. The Hall–Kier alpha value is -2.30. The van der Waals surface area contributed by atoms with Gasteiger partial charge in [0.2, 0.25) is 5.91 Å². The minimum Gasteiger partial charge on any atom is -0.669 e. The molecule has 0 saturated carbocycles. The number of carboxylic acid groups (broad SMARTS) is 1. The summed E-state index contributed by atoms with van der Waals surface area (Å²) >= 11 is 0. The molecule has 4 rings (SSSR count). The summed E-state index contributed by atoms with van der Waals surface area (Å²) in [6, 6.07) is 3.02. The summed E-state index contributed by atoms with van der Waals surface area (Å²) < 4.78 is 10.9. The maximum absolute atomic E-state index is 12.3. The van der Waals surface area contributed by atoms with E-state index in [-0.39, 0.29) is 47.9 Å². The molecule has 2 fully saturated rings. The molecule has 146 valence electrons. The lowest BCUT2D eigenvalue weighted by Gasteiger charge is -2.41. The number of aryl methyl sites for hydroxylation is 1. The van der Waals surface area contributed by atoms with Crippen LogP contribution in [0.1, 0.15) is 28.8 Å². The second-order valence-electron chi connectivity index (χ2n) is 7.36. The van der Waals surface area contributed by atoms with Crippen molar-refractivity contribution in [2.45, 2.75) is 37.7 Å². The van der Waals surface area contributed by atoms with Gasteiger partial charge in [0.25, 0.3) is 0 Å². The van der Waals surface area contributed by atoms with E-state index in [1.165, 1.54) is 6.07 Å². The predicted molar refractivity (Wildman–Crippen MR) is 92.1 cm³/mol. The number of carbonyl (C=O) groups excluding carboxylic acids is 2. The molecule has 10 heteroatoms. The standard InChI is InChI=1S/C17H22BN2O7/c21-16(12-2-1-7-19-12)20-8-11(9-20)26-13-4-3-10-5-6-18(24,25)27-15(10)14(13)17(22)23/h3-4,11-12,19,24-25H,1-2,5-9H2,(H,22,23)/q-1/p-1/t12-/m1/s1. The van der Waals surface area contributed by atoms with Crippen LogP contribution in [0.3, 0.4) is 0 Å². The number of nitrogens with zero attached hydrogens (tertiary/aromatic N) is 1. The molecule has 2 saturated heterocycles. The van der Waals surface area contributed by atoms with Gasteiger partial charge in [-0.25, -0.2) is 0 Å². The number of hydrogen-bond acceptors (Lipinski definition) is 8. The highest BCUT2D eigenvalue weighted by molar-refractivity contribution is 6.59. The SMILES string of the molecule is O=C([O-])c1c(OC2CN(C(=O)[C@H]3CCCN3)C2)ccc2c1O[B-](O)(O)CC2. The van der Waals surface area contributed by atoms with Crippen molar-refractivity contribution in [1.29, 1.82) is 0 Å². The number of ether oxygens (including phenoxy) is 1. The molecule has 0 spiro atoms. The quantitative estimate of drug-likeness (QED) is 0.528. The summed E-state index contributed by atoms with van der Waals surface area (Å²) in [5, 5.41) is 34.3. The number of likely N-dealkylation sites (tertiary alicyclic amines) is 1. The Morgan fingerprint density at radius 1 is 1.33 bits per heavy atom. The molecule has 0 unspecified atom stereocenters. The lowest BCUT2D eigenvalue weighted by Crippen LogP contribution is -2.59. The zero-order chi connectivity index (χ0) is 19.2. The number of rotatable bonds is 4. The van der Waals surface area contributed by atoms with E-state index in [9.17, 15) is 24.7 Å². The van der Waals surface area contributed by atoms with Crippen molar-refractivity contribution < 1.29 is 34.1 Å². The lowest BCUT2D eigenvalue weighted by atomic mass is 9.70. The van der Waals surface area contributed by atoms with Crippen LogP contribution in [0, 0.1) is 0 Å². The van der Waals surface area contributed by atoms with Crippen LogP contribution in [0.4, 0.5) is 0 Å². The molecule has 0 bridgehead atoms. The second kappa shape index (κ2) is 6.70. The summed E-state index contributed by atoms with van der Waals surface area (Å²) in [5.41, 5.74) is 0.226. The number of hydrogen-bond donors (Lipinski definition) is 3. The molecule has 1 atom stereocenters. The fourth-order valence-corrected chi connectivity index (χ4v) is 3.81. The van der Waals surface area contributed by atoms with Crippen LogP contribution in [-0.2, 0) is 11.2 Å². The van der Waals surface area contributed by atoms with Gasteiger partial charge in [-0.2, -0.15) is 0 Å². The maximum atomic E-state index is 12.3. The average Bonchev–Trinajstić information content (AvgIpc) is 3.10. The van der Waals surface area contributed by atoms with E-state index in [0.29, 0.717) is 18.7 Å². The van der Waals surface area contributed by atoms with Gasteiger partial charge in [-0.1, -0.05) is 12.4 Å². The molecule has 3 aliphatic rings. The Morgan fingerprint density at radius 3 is 2.78 bits per heavy atom. The number of carbonyl (C=O) groups is 2. The zero-order valence-electron chi connectivity index (χ0n) is 14.7. The number of carboxylic acids is 1. The van der Waals surface area contributed by atoms with Gasteiger partial charge in [0.1, 0.15) is 11.9 Å². The van der Waals surface area contributed by atoms with Crippen molar-refractivity contribution in [3.05, 3.63) is 23.3 Å². The summed E-state index contributed by atoms with van der Waals surface area (Å²) in [5.74, 6) is -1.56. The molecule has 0 radical (unpaired) electrons. The summed E-state index contributed by atoms with van der Waals surface area (Å²) in [4.78, 5) is 25.6. The van der Waals surface area contributed by atoms with E-state index < -0.39 is 12.7 Å². The summed E-state index contributed by atoms with van der Waals surface area (Å²) in [7, 11) is 0. The van der Waals surface area contributed by atoms with Crippen LogP contribution in [0.5, 0.6) is 11.5 Å². The molecular formula is C17H21BN2O7-2. The molecule has 0 aliphatic carbocycles. The number of fused-ring (bicyclic) bond motifs is 1. The Balaban J connectivity index is 1.47. The number of benzene rings is 1. The van der Waals surface area contributed by atoms with E-state index in [1.807, 2.05) is 0 Å². The van der Waals surface area contributed by atoms with Gasteiger partial charge in [-0.15, -0.1) is 0 Å². The van der Waals surface area contributed by atoms with Crippen LogP contribution in [0.25, 0.3) is 0 Å². The Kier molecular flexibility index (Phi) is 4.49. The van der Waals surface area contributed by atoms with Crippen LogP contribution in [-0.4, -0.2) is 65.4 Å². The minimum absolute atomic E-state index is 0.00537. The average molecular weight is 376 g/mol. The van der Waals surface area contributed by atoms with Crippen molar-refractivity contribution in [1.82, 2.24) is 10.2 Å². The monoisotopic (exact) mass is 376 g/mol. The van der Waals surface area contributed by atoms with E-state index in [0.717, 1.165) is 19.4 Å².